The second-order valence-electron chi connectivity index (χ2n) is 7.16. The minimum atomic E-state index is -1.21. The van der Waals surface area contributed by atoms with E-state index in [1.54, 1.807) is 13.8 Å². The lowest BCUT2D eigenvalue weighted by Crippen LogP contribution is -2.72. The third-order valence-corrected chi connectivity index (χ3v) is 5.55. The summed E-state index contributed by atoms with van der Waals surface area (Å²) in [6, 6.07) is 6.87. The third-order valence-electron chi connectivity index (χ3n) is 5.55. The van der Waals surface area contributed by atoms with Crippen molar-refractivity contribution in [2.24, 2.45) is 5.41 Å². The van der Waals surface area contributed by atoms with Crippen molar-refractivity contribution in [2.45, 2.75) is 45.2 Å². The number of nitrogens with zero attached hydrogens (tertiary/aromatic N) is 2. The molecule has 24 heavy (non-hydrogen) atoms. The Hall–Kier alpha value is -2.37. The van der Waals surface area contributed by atoms with Crippen molar-refractivity contribution in [3.63, 3.8) is 0 Å². The van der Waals surface area contributed by atoms with Gasteiger partial charge in [-0.3, -0.25) is 19.8 Å². The van der Waals surface area contributed by atoms with Gasteiger partial charge >= 0.3 is 6.03 Å². The number of carbonyl (C=O) groups is 3. The minimum Gasteiger partial charge on any atom is -0.367 e. The van der Waals surface area contributed by atoms with Crippen LogP contribution in [0.1, 0.15) is 32.3 Å². The van der Waals surface area contributed by atoms with Gasteiger partial charge in [0.15, 0.2) is 5.41 Å². The first-order valence-corrected chi connectivity index (χ1v) is 8.50. The summed E-state index contributed by atoms with van der Waals surface area (Å²) in [7, 11) is 0. The molecule has 2 fully saturated rings. The molecule has 3 aliphatic rings. The van der Waals surface area contributed by atoms with E-state index >= 15 is 0 Å². The maximum Gasteiger partial charge on any atom is 0.331 e. The molecule has 3 aliphatic heterocycles. The van der Waals surface area contributed by atoms with Crippen LogP contribution in [0, 0.1) is 5.41 Å². The quantitative estimate of drug-likeness (QED) is 0.797. The molecule has 126 valence electrons. The fourth-order valence-corrected chi connectivity index (χ4v) is 4.52. The van der Waals surface area contributed by atoms with Gasteiger partial charge in [-0.1, -0.05) is 18.2 Å². The monoisotopic (exact) mass is 327 g/mol. The van der Waals surface area contributed by atoms with Gasteiger partial charge < -0.3 is 4.90 Å². The molecule has 6 nitrogen and oxygen atoms in total. The molecular formula is C18H21N3O3. The van der Waals surface area contributed by atoms with Crippen LogP contribution in [0.4, 0.5) is 10.5 Å². The second kappa shape index (κ2) is 5.06. The van der Waals surface area contributed by atoms with E-state index in [1.165, 1.54) is 4.90 Å². The number of carbonyl (C=O) groups excluding carboxylic acids is 3. The van der Waals surface area contributed by atoms with Crippen LogP contribution in [-0.4, -0.2) is 41.4 Å². The number of imide groups is 2. The average Bonchev–Trinajstić information content (AvgIpc) is 3.02. The van der Waals surface area contributed by atoms with Crippen LogP contribution in [-0.2, 0) is 16.0 Å². The predicted molar refractivity (Wildman–Crippen MR) is 88.5 cm³/mol. The number of nitrogens with one attached hydrogen (secondary N) is 1. The normalized spacial score (nSPS) is 29.1. The van der Waals surface area contributed by atoms with Crippen molar-refractivity contribution in [2.75, 3.05) is 11.4 Å². The van der Waals surface area contributed by atoms with E-state index in [0.717, 1.165) is 30.6 Å². The van der Waals surface area contributed by atoms with Gasteiger partial charge in [-0.05, 0) is 44.7 Å². The highest BCUT2D eigenvalue weighted by Gasteiger charge is 2.62. The van der Waals surface area contributed by atoms with E-state index in [9.17, 15) is 14.4 Å². The fraction of sp³-hybridized carbons (Fsp3) is 0.500. The molecule has 0 bridgehead atoms. The molecular weight excluding hydrogens is 306 g/mol. The van der Waals surface area contributed by atoms with E-state index in [1.807, 2.05) is 18.2 Å². The zero-order valence-corrected chi connectivity index (χ0v) is 13.9. The standard InChI is InChI=1S/C18H21N3O3/c1-11(2)21-16(23)18(15(22)19-17(21)24)10-12-6-3-4-7-13(12)20-9-5-8-14(18)20/h3-4,6-7,11,14H,5,8-10H2,1-2H3,(H,19,22,24)/t14-,18+/m0/s1. The Balaban J connectivity index is 1.88. The number of hydrogen-bond donors (Lipinski definition) is 1. The largest absolute Gasteiger partial charge is 0.367 e. The molecule has 1 aromatic rings. The van der Waals surface area contributed by atoms with E-state index in [4.69, 9.17) is 0 Å². The van der Waals surface area contributed by atoms with Crippen LogP contribution in [0.5, 0.6) is 0 Å². The van der Waals surface area contributed by atoms with E-state index < -0.39 is 17.4 Å². The van der Waals surface area contributed by atoms with Crippen LogP contribution >= 0.6 is 0 Å². The fourth-order valence-electron chi connectivity index (χ4n) is 4.52. The lowest BCUT2D eigenvalue weighted by atomic mass is 9.68. The Morgan fingerprint density at radius 3 is 2.71 bits per heavy atom. The molecule has 1 aromatic carbocycles. The predicted octanol–water partition coefficient (Wildman–Crippen LogP) is 1.68. The summed E-state index contributed by atoms with van der Waals surface area (Å²) in [5.74, 6) is -0.793. The van der Waals surface area contributed by atoms with E-state index in [0.29, 0.717) is 6.42 Å². The Bertz CT molecular complexity index is 745. The number of fused-ring (bicyclic) bond motifs is 4. The molecule has 2 saturated heterocycles. The summed E-state index contributed by atoms with van der Waals surface area (Å²) < 4.78 is 0. The molecule has 2 atom stereocenters. The highest BCUT2D eigenvalue weighted by atomic mass is 16.2. The number of benzene rings is 1. The third kappa shape index (κ3) is 1.79. The summed E-state index contributed by atoms with van der Waals surface area (Å²) >= 11 is 0. The van der Waals surface area contributed by atoms with Crippen molar-refractivity contribution in [3.8, 4) is 0 Å². The molecule has 6 heteroatoms. The Kier molecular flexibility index (Phi) is 3.20. The van der Waals surface area contributed by atoms with Crippen molar-refractivity contribution >= 4 is 23.5 Å². The summed E-state index contributed by atoms with van der Waals surface area (Å²) in [6.45, 7) is 4.42. The zero-order chi connectivity index (χ0) is 17.1. The summed E-state index contributed by atoms with van der Waals surface area (Å²) in [5, 5.41) is 2.45. The SMILES string of the molecule is CC(C)N1C(=O)NC(=O)[C@]2(Cc3ccccc3N3CCC[C@H]32)C1=O. The summed E-state index contributed by atoms with van der Waals surface area (Å²) in [5.41, 5.74) is 0.902. The smallest absolute Gasteiger partial charge is 0.331 e. The second-order valence-corrected chi connectivity index (χ2v) is 7.16. The summed E-state index contributed by atoms with van der Waals surface area (Å²) in [6.07, 6.45) is 2.08. The molecule has 3 heterocycles. The van der Waals surface area contributed by atoms with Crippen LogP contribution in [0.25, 0.3) is 0 Å². The molecule has 4 rings (SSSR count). The maximum atomic E-state index is 13.3. The highest BCUT2D eigenvalue weighted by molar-refractivity contribution is 6.20. The van der Waals surface area contributed by atoms with Gasteiger partial charge in [0, 0.05) is 18.3 Å². The minimum absolute atomic E-state index is 0.186. The van der Waals surface area contributed by atoms with Gasteiger partial charge in [-0.25, -0.2) is 4.79 Å². The number of barbiturate groups is 1. The molecule has 0 radical (unpaired) electrons. The lowest BCUT2D eigenvalue weighted by molar-refractivity contribution is -0.154. The van der Waals surface area contributed by atoms with Crippen LogP contribution in [0.15, 0.2) is 24.3 Å². The van der Waals surface area contributed by atoms with Crippen LogP contribution < -0.4 is 10.2 Å². The van der Waals surface area contributed by atoms with Gasteiger partial charge in [-0.15, -0.1) is 0 Å². The topological polar surface area (TPSA) is 69.7 Å². The van der Waals surface area contributed by atoms with E-state index in [-0.39, 0.29) is 18.0 Å². The maximum absolute atomic E-state index is 13.3. The average molecular weight is 327 g/mol. The lowest BCUT2D eigenvalue weighted by Gasteiger charge is -2.50. The Labute approximate surface area is 140 Å². The summed E-state index contributed by atoms with van der Waals surface area (Å²) in [4.78, 5) is 41.8. The van der Waals surface area contributed by atoms with Crippen molar-refractivity contribution < 1.29 is 14.4 Å². The number of hydrogen-bond acceptors (Lipinski definition) is 4. The molecule has 1 N–H and O–H groups in total. The van der Waals surface area contributed by atoms with Crippen LogP contribution in [0.3, 0.4) is 0 Å². The number of anilines is 1. The molecule has 0 saturated carbocycles. The van der Waals surface area contributed by atoms with Gasteiger partial charge in [0.2, 0.25) is 11.8 Å². The molecule has 4 amide bonds. The Morgan fingerprint density at radius 1 is 1.21 bits per heavy atom. The highest BCUT2D eigenvalue weighted by Crippen LogP contribution is 2.48. The number of amides is 4. The van der Waals surface area contributed by atoms with Crippen LogP contribution in [0.2, 0.25) is 0 Å². The molecule has 0 aliphatic carbocycles. The first-order chi connectivity index (χ1) is 11.5. The zero-order valence-electron chi connectivity index (χ0n) is 13.9. The van der Waals surface area contributed by atoms with E-state index in [2.05, 4.69) is 16.3 Å². The first-order valence-electron chi connectivity index (χ1n) is 8.50. The van der Waals surface area contributed by atoms with Gasteiger partial charge in [0.1, 0.15) is 0 Å². The van der Waals surface area contributed by atoms with Crippen molar-refractivity contribution in [3.05, 3.63) is 29.8 Å². The first kappa shape index (κ1) is 15.2. The van der Waals surface area contributed by atoms with Gasteiger partial charge in [0.25, 0.3) is 0 Å². The Morgan fingerprint density at radius 2 is 1.96 bits per heavy atom. The molecule has 0 unspecified atom stereocenters. The number of para-hydroxylation sites is 1. The number of urea groups is 1. The molecule has 0 aromatic heterocycles. The van der Waals surface area contributed by atoms with Gasteiger partial charge in [-0.2, -0.15) is 0 Å². The van der Waals surface area contributed by atoms with Crippen molar-refractivity contribution in [1.82, 2.24) is 10.2 Å². The van der Waals surface area contributed by atoms with Crippen molar-refractivity contribution in [1.29, 1.82) is 0 Å². The number of rotatable bonds is 1. The molecule has 1 spiro atoms. The van der Waals surface area contributed by atoms with Gasteiger partial charge in [0.05, 0.1) is 6.04 Å².